The summed E-state index contributed by atoms with van der Waals surface area (Å²) in [5, 5.41) is -0.0441. The Hall–Kier alpha value is -2.29. The van der Waals surface area contributed by atoms with Crippen molar-refractivity contribution in [3.05, 3.63) is 55.1 Å². The zero-order valence-electron chi connectivity index (χ0n) is 12.9. The van der Waals surface area contributed by atoms with Gasteiger partial charge in [-0.2, -0.15) is 13.2 Å². The van der Waals surface area contributed by atoms with E-state index in [1.54, 1.807) is 6.92 Å². The predicted octanol–water partition coefficient (Wildman–Crippen LogP) is 2.67. The number of benzene rings is 1. The van der Waals surface area contributed by atoms with Crippen molar-refractivity contribution in [1.82, 2.24) is 9.13 Å². The van der Waals surface area contributed by atoms with Gasteiger partial charge in [-0.15, -0.1) is 0 Å². The molecule has 1 aromatic carbocycles. The van der Waals surface area contributed by atoms with Crippen LogP contribution in [0.25, 0.3) is 5.69 Å². The zero-order valence-corrected chi connectivity index (χ0v) is 13.7. The van der Waals surface area contributed by atoms with Crippen molar-refractivity contribution in [2.24, 2.45) is 7.05 Å². The Morgan fingerprint density at radius 2 is 1.92 bits per heavy atom. The lowest BCUT2D eigenvalue weighted by atomic mass is 10.1. The van der Waals surface area contributed by atoms with E-state index >= 15 is 0 Å². The average Bonchev–Trinajstić information content (AvgIpc) is 2.87. The Kier molecular flexibility index (Phi) is 3.94. The highest BCUT2D eigenvalue weighted by atomic mass is 35.5. The van der Waals surface area contributed by atoms with Gasteiger partial charge < -0.3 is 4.74 Å². The van der Waals surface area contributed by atoms with Crippen LogP contribution in [0.4, 0.5) is 17.6 Å². The van der Waals surface area contributed by atoms with E-state index < -0.39 is 34.6 Å². The molecule has 10 heteroatoms. The fourth-order valence-electron chi connectivity index (χ4n) is 2.83. The minimum absolute atomic E-state index is 0.0441. The summed E-state index contributed by atoms with van der Waals surface area (Å²) in [5.74, 6) is -0.889. The van der Waals surface area contributed by atoms with E-state index in [4.69, 9.17) is 16.3 Å². The zero-order chi connectivity index (χ0) is 18.7. The van der Waals surface area contributed by atoms with Crippen molar-refractivity contribution in [3.8, 4) is 11.4 Å². The van der Waals surface area contributed by atoms with Crippen molar-refractivity contribution in [2.75, 3.05) is 0 Å². The molecule has 0 amide bonds. The second-order valence-corrected chi connectivity index (χ2v) is 6.08. The van der Waals surface area contributed by atoms with Crippen molar-refractivity contribution in [1.29, 1.82) is 0 Å². The molecule has 0 spiro atoms. The number of halogens is 5. The minimum Gasteiger partial charge on any atom is -0.488 e. The van der Waals surface area contributed by atoms with Gasteiger partial charge in [-0.1, -0.05) is 11.6 Å². The van der Waals surface area contributed by atoms with Crippen LogP contribution in [0.15, 0.2) is 21.7 Å². The number of alkyl halides is 3. The normalized spacial score (nSPS) is 16.7. The van der Waals surface area contributed by atoms with Gasteiger partial charge in [0.1, 0.15) is 23.4 Å². The van der Waals surface area contributed by atoms with Crippen molar-refractivity contribution in [3.63, 3.8) is 0 Å². The van der Waals surface area contributed by atoms with Gasteiger partial charge in [0, 0.05) is 25.1 Å². The largest absolute Gasteiger partial charge is 0.488 e. The van der Waals surface area contributed by atoms with Crippen molar-refractivity contribution in [2.45, 2.75) is 25.6 Å². The number of fused-ring (bicyclic) bond motifs is 1. The van der Waals surface area contributed by atoms with Crippen LogP contribution in [0.3, 0.4) is 0 Å². The summed E-state index contributed by atoms with van der Waals surface area (Å²) in [6, 6.07) is 1.11. The lowest BCUT2D eigenvalue weighted by Crippen LogP contribution is -2.41. The summed E-state index contributed by atoms with van der Waals surface area (Å²) in [7, 11) is 0.855. The molecule has 2 aromatic rings. The molecule has 0 radical (unpaired) electrons. The Balaban J connectivity index is 2.38. The first-order valence-electron chi connectivity index (χ1n) is 7.10. The number of aromatic nitrogens is 2. The Bertz CT molecular complexity index is 994. The first-order valence-corrected chi connectivity index (χ1v) is 7.48. The number of ether oxygens (including phenoxy) is 1. The lowest BCUT2D eigenvalue weighted by Gasteiger charge is -2.16. The molecule has 1 aromatic heterocycles. The molecule has 0 bridgehead atoms. The quantitative estimate of drug-likeness (QED) is 0.717. The predicted molar refractivity (Wildman–Crippen MR) is 81.0 cm³/mol. The van der Waals surface area contributed by atoms with Gasteiger partial charge in [-0.05, 0) is 13.0 Å². The van der Waals surface area contributed by atoms with E-state index in [0.29, 0.717) is 4.57 Å². The fourth-order valence-corrected chi connectivity index (χ4v) is 3.09. The molecule has 5 nitrogen and oxygen atoms in total. The topological polar surface area (TPSA) is 53.2 Å². The first-order chi connectivity index (χ1) is 11.5. The van der Waals surface area contributed by atoms with Crippen LogP contribution in [-0.2, 0) is 19.6 Å². The molecule has 0 N–H and O–H groups in total. The monoisotopic (exact) mass is 378 g/mol. The van der Waals surface area contributed by atoms with Gasteiger partial charge in [-0.3, -0.25) is 9.36 Å². The number of nitrogens with zero attached hydrogens (tertiary/aromatic N) is 2. The van der Waals surface area contributed by atoms with Gasteiger partial charge in [0.2, 0.25) is 0 Å². The van der Waals surface area contributed by atoms with Crippen LogP contribution in [0, 0.1) is 5.82 Å². The van der Waals surface area contributed by atoms with Crippen LogP contribution in [0.5, 0.6) is 5.75 Å². The Morgan fingerprint density at radius 3 is 2.52 bits per heavy atom. The fraction of sp³-hybridized carbons (Fsp3) is 0.333. The van der Waals surface area contributed by atoms with Gasteiger partial charge in [0.05, 0.1) is 10.7 Å². The van der Waals surface area contributed by atoms with Crippen LogP contribution in [-0.4, -0.2) is 15.2 Å². The number of hydrogen-bond acceptors (Lipinski definition) is 3. The molecule has 2 heterocycles. The molecule has 0 saturated carbocycles. The van der Waals surface area contributed by atoms with Crippen LogP contribution >= 0.6 is 11.6 Å². The van der Waals surface area contributed by atoms with Gasteiger partial charge in [0.25, 0.3) is 5.56 Å². The maximum Gasteiger partial charge on any atom is 0.431 e. The Labute approximate surface area is 143 Å². The first kappa shape index (κ1) is 17.5. The summed E-state index contributed by atoms with van der Waals surface area (Å²) >= 11 is 5.91. The van der Waals surface area contributed by atoms with Gasteiger partial charge >= 0.3 is 11.9 Å². The highest BCUT2D eigenvalue weighted by Crippen LogP contribution is 2.40. The summed E-state index contributed by atoms with van der Waals surface area (Å²) in [5.41, 5.74) is -4.31. The third kappa shape index (κ3) is 2.72. The third-order valence-corrected chi connectivity index (χ3v) is 4.18. The average molecular weight is 379 g/mol. The summed E-state index contributed by atoms with van der Waals surface area (Å²) in [6.07, 6.45) is -5.13. The molecule has 1 aliphatic heterocycles. The van der Waals surface area contributed by atoms with Crippen LogP contribution in [0.1, 0.15) is 18.2 Å². The maximum atomic E-state index is 14.5. The summed E-state index contributed by atoms with van der Waals surface area (Å²) < 4.78 is 59.3. The highest BCUT2D eigenvalue weighted by molar-refractivity contribution is 6.32. The van der Waals surface area contributed by atoms with E-state index in [2.05, 4.69) is 0 Å². The molecule has 0 fully saturated rings. The highest BCUT2D eigenvalue weighted by Gasteiger charge is 2.36. The number of hydrogen-bond donors (Lipinski definition) is 0. The molecule has 25 heavy (non-hydrogen) atoms. The maximum absolute atomic E-state index is 14.5. The minimum atomic E-state index is -4.90. The third-order valence-electron chi connectivity index (χ3n) is 3.90. The van der Waals surface area contributed by atoms with E-state index in [1.807, 2.05) is 0 Å². The SMILES string of the molecule is CC1Cc2c(c(Cl)cc(F)c2-n2c(=O)cc(C(F)(F)F)n(C)c2=O)O1. The van der Waals surface area contributed by atoms with E-state index in [9.17, 15) is 27.2 Å². The van der Waals surface area contributed by atoms with Crippen molar-refractivity contribution < 1.29 is 22.3 Å². The molecule has 1 atom stereocenters. The second kappa shape index (κ2) is 5.62. The number of rotatable bonds is 1. The molecular weight excluding hydrogens is 368 g/mol. The summed E-state index contributed by atoms with van der Waals surface area (Å²) in [6.45, 7) is 1.67. The lowest BCUT2D eigenvalue weighted by molar-refractivity contribution is -0.144. The molecule has 0 saturated heterocycles. The molecule has 1 aliphatic rings. The van der Waals surface area contributed by atoms with Gasteiger partial charge in [-0.25, -0.2) is 13.8 Å². The smallest absolute Gasteiger partial charge is 0.431 e. The summed E-state index contributed by atoms with van der Waals surface area (Å²) in [4.78, 5) is 24.5. The second-order valence-electron chi connectivity index (χ2n) is 5.67. The molecule has 134 valence electrons. The molecule has 0 aliphatic carbocycles. The van der Waals surface area contributed by atoms with Crippen molar-refractivity contribution >= 4 is 11.6 Å². The standard InChI is InChI=1S/C15H11ClF4N2O3/c1-6-3-7-12(9(17)4-8(16)13(7)25-6)22-11(23)5-10(15(18,19)20)21(2)14(22)24/h4-6H,3H2,1-2H3. The van der Waals surface area contributed by atoms with Crippen LogP contribution < -0.4 is 16.0 Å². The van der Waals surface area contributed by atoms with E-state index in [1.165, 1.54) is 0 Å². The molecule has 1 unspecified atom stereocenters. The molecular formula is C15H11ClF4N2O3. The van der Waals surface area contributed by atoms with E-state index in [-0.39, 0.29) is 39.5 Å². The van der Waals surface area contributed by atoms with E-state index in [0.717, 1.165) is 13.1 Å². The van der Waals surface area contributed by atoms with Gasteiger partial charge in [0.15, 0.2) is 0 Å². The molecule has 3 rings (SSSR count). The Morgan fingerprint density at radius 1 is 1.28 bits per heavy atom. The van der Waals surface area contributed by atoms with Crippen LogP contribution in [0.2, 0.25) is 5.02 Å².